The molecule has 0 spiro atoms. The Morgan fingerprint density at radius 3 is 2.47 bits per heavy atom. The van der Waals surface area contributed by atoms with Crippen molar-refractivity contribution in [3.8, 4) is 5.75 Å². The first kappa shape index (κ1) is 23.3. The van der Waals surface area contributed by atoms with Crippen LogP contribution in [-0.4, -0.2) is 28.5 Å². The monoisotopic (exact) mass is 472 g/mol. The summed E-state index contributed by atoms with van der Waals surface area (Å²) in [5.74, 6) is -0.253. The number of nitrogens with one attached hydrogen (secondary N) is 1. The van der Waals surface area contributed by atoms with Gasteiger partial charge in [-0.15, -0.1) is 0 Å². The van der Waals surface area contributed by atoms with Gasteiger partial charge in [0.05, 0.1) is 4.91 Å². The van der Waals surface area contributed by atoms with Crippen molar-refractivity contribution in [2.75, 3.05) is 11.9 Å². The second-order valence-corrected chi connectivity index (χ2v) is 8.71. The van der Waals surface area contributed by atoms with Crippen LogP contribution in [0.4, 0.5) is 10.5 Å². The largest absolute Gasteiger partial charge is 0.489 e. The molecule has 1 saturated heterocycles. The molecular formula is C27H24N2O4S. The zero-order chi connectivity index (χ0) is 23.9. The van der Waals surface area contributed by atoms with Crippen molar-refractivity contribution in [3.05, 3.63) is 100 Å². The van der Waals surface area contributed by atoms with E-state index in [1.807, 2.05) is 66.7 Å². The molecule has 1 heterocycles. The van der Waals surface area contributed by atoms with Crippen molar-refractivity contribution in [2.24, 2.45) is 0 Å². The number of hydrogen-bond acceptors (Lipinski definition) is 5. The van der Waals surface area contributed by atoms with Gasteiger partial charge in [-0.25, -0.2) is 0 Å². The standard InChI is InChI=1S/C27H24N2O4S/c1-2-19-11-13-22(14-12-19)28-25(30)17-29-26(31)24(34-27(29)32)16-21-9-6-10-23(15-21)33-18-20-7-4-3-5-8-20/h3-16H,2,17-18H2,1H3,(H,28,30)/b24-16+. The fourth-order valence-corrected chi connectivity index (χ4v) is 4.23. The Morgan fingerprint density at radius 2 is 1.74 bits per heavy atom. The molecule has 34 heavy (non-hydrogen) atoms. The van der Waals surface area contributed by atoms with Crippen LogP contribution in [-0.2, 0) is 22.6 Å². The van der Waals surface area contributed by atoms with E-state index in [0.29, 0.717) is 18.0 Å². The average Bonchev–Trinajstić information content (AvgIpc) is 3.11. The Hall–Kier alpha value is -3.84. The quantitative estimate of drug-likeness (QED) is 0.438. The molecule has 1 fully saturated rings. The summed E-state index contributed by atoms with van der Waals surface area (Å²) < 4.78 is 5.84. The number of anilines is 1. The van der Waals surface area contributed by atoms with Gasteiger partial charge in [0.1, 0.15) is 18.9 Å². The van der Waals surface area contributed by atoms with Crippen LogP contribution < -0.4 is 10.1 Å². The lowest BCUT2D eigenvalue weighted by Crippen LogP contribution is -2.36. The van der Waals surface area contributed by atoms with Crippen LogP contribution in [0.2, 0.25) is 0 Å². The second-order valence-electron chi connectivity index (χ2n) is 7.71. The maximum atomic E-state index is 12.8. The highest BCUT2D eigenvalue weighted by Gasteiger charge is 2.36. The first-order valence-electron chi connectivity index (χ1n) is 10.9. The van der Waals surface area contributed by atoms with Gasteiger partial charge in [0.15, 0.2) is 0 Å². The van der Waals surface area contributed by atoms with E-state index in [1.165, 1.54) is 0 Å². The number of ether oxygens (including phenoxy) is 1. The molecule has 4 rings (SSSR count). The summed E-state index contributed by atoms with van der Waals surface area (Å²) in [5.41, 5.74) is 3.56. The van der Waals surface area contributed by atoms with Gasteiger partial charge >= 0.3 is 0 Å². The average molecular weight is 473 g/mol. The predicted octanol–water partition coefficient (Wildman–Crippen LogP) is 5.50. The Bertz CT molecular complexity index is 1220. The van der Waals surface area contributed by atoms with Gasteiger partial charge < -0.3 is 10.1 Å². The third-order valence-electron chi connectivity index (χ3n) is 5.23. The highest BCUT2D eigenvalue weighted by atomic mass is 32.2. The number of amides is 3. The van der Waals surface area contributed by atoms with Crippen molar-refractivity contribution in [3.63, 3.8) is 0 Å². The molecule has 1 aliphatic heterocycles. The van der Waals surface area contributed by atoms with E-state index in [2.05, 4.69) is 12.2 Å². The summed E-state index contributed by atoms with van der Waals surface area (Å²) in [5, 5.41) is 2.26. The number of hydrogen-bond donors (Lipinski definition) is 1. The van der Waals surface area contributed by atoms with Gasteiger partial charge in [0.2, 0.25) is 5.91 Å². The predicted molar refractivity (Wildman–Crippen MR) is 134 cm³/mol. The Kier molecular flexibility index (Phi) is 7.44. The minimum absolute atomic E-state index is 0.269. The third kappa shape index (κ3) is 5.94. The van der Waals surface area contributed by atoms with Gasteiger partial charge in [-0.3, -0.25) is 19.3 Å². The number of carbonyl (C=O) groups excluding carboxylic acids is 3. The molecule has 0 atom stereocenters. The number of aryl methyl sites for hydroxylation is 1. The molecule has 1 aliphatic rings. The van der Waals surface area contributed by atoms with Crippen LogP contribution >= 0.6 is 11.8 Å². The molecule has 3 aromatic carbocycles. The summed E-state index contributed by atoms with van der Waals surface area (Å²) in [6, 6.07) is 24.6. The Labute approximate surface area is 202 Å². The number of imide groups is 1. The number of thioether (sulfide) groups is 1. The van der Waals surface area contributed by atoms with Crippen molar-refractivity contribution in [1.82, 2.24) is 4.90 Å². The Morgan fingerprint density at radius 1 is 0.971 bits per heavy atom. The van der Waals surface area contributed by atoms with Crippen LogP contribution in [0.25, 0.3) is 6.08 Å². The minimum atomic E-state index is -0.484. The van der Waals surface area contributed by atoms with Crippen LogP contribution in [0.5, 0.6) is 5.75 Å². The zero-order valence-corrected chi connectivity index (χ0v) is 19.5. The van der Waals surface area contributed by atoms with Gasteiger partial charge in [0.25, 0.3) is 11.1 Å². The first-order valence-corrected chi connectivity index (χ1v) is 11.7. The van der Waals surface area contributed by atoms with Crippen molar-refractivity contribution >= 4 is 40.6 Å². The highest BCUT2D eigenvalue weighted by Crippen LogP contribution is 2.32. The zero-order valence-electron chi connectivity index (χ0n) is 18.7. The topological polar surface area (TPSA) is 75.7 Å². The SMILES string of the molecule is CCc1ccc(NC(=O)CN2C(=O)S/C(=C/c3cccc(OCc4ccccc4)c3)C2=O)cc1. The summed E-state index contributed by atoms with van der Waals surface area (Å²) in [4.78, 5) is 38.8. The van der Waals surface area contributed by atoms with Crippen LogP contribution in [0.1, 0.15) is 23.6 Å². The van der Waals surface area contributed by atoms with E-state index in [-0.39, 0.29) is 11.4 Å². The lowest BCUT2D eigenvalue weighted by Gasteiger charge is -2.12. The van der Waals surface area contributed by atoms with Crippen LogP contribution in [0, 0.1) is 0 Å². The number of benzene rings is 3. The fourth-order valence-electron chi connectivity index (χ4n) is 3.39. The summed E-state index contributed by atoms with van der Waals surface area (Å²) in [7, 11) is 0. The van der Waals surface area contributed by atoms with Gasteiger partial charge in [-0.1, -0.05) is 61.5 Å². The lowest BCUT2D eigenvalue weighted by atomic mass is 10.1. The van der Waals surface area contributed by atoms with Crippen LogP contribution in [0.3, 0.4) is 0 Å². The maximum Gasteiger partial charge on any atom is 0.294 e. The molecule has 7 heteroatoms. The molecule has 1 N–H and O–H groups in total. The first-order chi connectivity index (χ1) is 16.5. The molecule has 6 nitrogen and oxygen atoms in total. The van der Waals surface area contributed by atoms with Gasteiger partial charge in [0, 0.05) is 5.69 Å². The van der Waals surface area contributed by atoms with E-state index >= 15 is 0 Å². The smallest absolute Gasteiger partial charge is 0.294 e. The minimum Gasteiger partial charge on any atom is -0.489 e. The molecule has 0 unspecified atom stereocenters. The lowest BCUT2D eigenvalue weighted by molar-refractivity contribution is -0.127. The number of rotatable bonds is 8. The fraction of sp³-hybridized carbons (Fsp3) is 0.148. The van der Waals surface area contributed by atoms with E-state index in [4.69, 9.17) is 4.74 Å². The molecule has 0 aromatic heterocycles. The van der Waals surface area contributed by atoms with Gasteiger partial charge in [-0.05, 0) is 65.2 Å². The van der Waals surface area contributed by atoms with E-state index in [9.17, 15) is 14.4 Å². The van der Waals surface area contributed by atoms with E-state index < -0.39 is 17.1 Å². The van der Waals surface area contributed by atoms with E-state index in [0.717, 1.165) is 39.8 Å². The summed E-state index contributed by atoms with van der Waals surface area (Å²) in [6.45, 7) is 2.14. The summed E-state index contributed by atoms with van der Waals surface area (Å²) in [6.07, 6.45) is 2.54. The molecule has 0 radical (unpaired) electrons. The molecule has 172 valence electrons. The van der Waals surface area contributed by atoms with Crippen LogP contribution in [0.15, 0.2) is 83.8 Å². The molecule has 3 amide bonds. The van der Waals surface area contributed by atoms with Crippen molar-refractivity contribution in [1.29, 1.82) is 0 Å². The maximum absolute atomic E-state index is 12.8. The number of nitrogens with zero attached hydrogens (tertiary/aromatic N) is 1. The molecule has 3 aromatic rings. The van der Waals surface area contributed by atoms with Crippen molar-refractivity contribution < 1.29 is 19.1 Å². The van der Waals surface area contributed by atoms with Crippen molar-refractivity contribution in [2.45, 2.75) is 20.0 Å². The molecule has 0 bridgehead atoms. The van der Waals surface area contributed by atoms with Gasteiger partial charge in [-0.2, -0.15) is 0 Å². The normalized spacial score (nSPS) is 14.5. The molecule has 0 aliphatic carbocycles. The third-order valence-corrected chi connectivity index (χ3v) is 6.13. The number of carbonyl (C=O) groups is 3. The second kappa shape index (κ2) is 10.9. The highest BCUT2D eigenvalue weighted by molar-refractivity contribution is 8.18. The molecular weight excluding hydrogens is 448 g/mol. The Balaban J connectivity index is 1.38. The van der Waals surface area contributed by atoms with E-state index in [1.54, 1.807) is 18.2 Å². The molecule has 0 saturated carbocycles. The summed E-state index contributed by atoms with van der Waals surface area (Å²) >= 11 is 0.824.